The van der Waals surface area contributed by atoms with Gasteiger partial charge < -0.3 is 11.1 Å². The van der Waals surface area contributed by atoms with E-state index < -0.39 is 0 Å². The van der Waals surface area contributed by atoms with Gasteiger partial charge in [-0.15, -0.1) is 11.3 Å². The molecule has 0 radical (unpaired) electrons. The summed E-state index contributed by atoms with van der Waals surface area (Å²) in [6.45, 7) is 2.65. The van der Waals surface area contributed by atoms with E-state index in [2.05, 4.69) is 10.3 Å². The molecule has 0 saturated heterocycles. The fourth-order valence-corrected chi connectivity index (χ4v) is 2.22. The number of nitrogens with zero attached hydrogens (tertiary/aromatic N) is 1. The number of hydrogen-bond acceptors (Lipinski definition) is 4. The molecule has 0 aliphatic carbocycles. The molecule has 0 fully saturated rings. The molecule has 0 unspecified atom stereocenters. The Hall–Kier alpha value is -1.26. The Balaban J connectivity index is 2.07. The molecule has 5 heteroatoms. The van der Waals surface area contributed by atoms with Crippen molar-refractivity contribution in [3.63, 3.8) is 0 Å². The molecule has 2 rings (SSSR count). The van der Waals surface area contributed by atoms with Crippen molar-refractivity contribution >= 4 is 34.3 Å². The maximum Gasteiger partial charge on any atom is 0.112 e. The van der Waals surface area contributed by atoms with E-state index >= 15 is 0 Å². The summed E-state index contributed by atoms with van der Waals surface area (Å²) in [5.41, 5.74) is 8.40. The van der Waals surface area contributed by atoms with Crippen LogP contribution >= 0.6 is 22.9 Å². The smallest absolute Gasteiger partial charge is 0.112 e. The Kier molecular flexibility index (Phi) is 3.31. The average molecular weight is 254 g/mol. The number of nitrogen functional groups attached to an aromatic ring is 1. The molecule has 1 aromatic heterocycles. The third-order valence-corrected chi connectivity index (χ3v) is 3.31. The summed E-state index contributed by atoms with van der Waals surface area (Å²) in [5, 5.41) is 6.96. The van der Waals surface area contributed by atoms with Crippen molar-refractivity contribution in [1.82, 2.24) is 4.98 Å². The highest BCUT2D eigenvalue weighted by molar-refractivity contribution is 7.09. The fourth-order valence-electron chi connectivity index (χ4n) is 1.34. The highest BCUT2D eigenvalue weighted by Crippen LogP contribution is 2.23. The molecule has 16 heavy (non-hydrogen) atoms. The van der Waals surface area contributed by atoms with Crippen molar-refractivity contribution in [2.75, 3.05) is 11.1 Å². The third-order valence-electron chi connectivity index (χ3n) is 2.11. The number of nitrogens with two attached hydrogens (primary N) is 1. The zero-order valence-electron chi connectivity index (χ0n) is 8.83. The van der Waals surface area contributed by atoms with Crippen LogP contribution in [0.2, 0.25) is 5.02 Å². The van der Waals surface area contributed by atoms with Crippen LogP contribution in [0.5, 0.6) is 0 Å². The number of hydrogen-bond donors (Lipinski definition) is 2. The monoisotopic (exact) mass is 253 g/mol. The van der Waals surface area contributed by atoms with E-state index in [0.717, 1.165) is 16.4 Å². The van der Waals surface area contributed by atoms with E-state index in [0.29, 0.717) is 17.3 Å². The number of aryl methyl sites for hydroxylation is 1. The van der Waals surface area contributed by atoms with Crippen LogP contribution in [0.1, 0.15) is 10.7 Å². The van der Waals surface area contributed by atoms with E-state index in [1.165, 1.54) is 0 Å². The maximum absolute atomic E-state index is 5.89. The molecule has 0 aliphatic rings. The molecule has 0 saturated carbocycles. The molecule has 0 bridgehead atoms. The van der Waals surface area contributed by atoms with E-state index in [9.17, 15) is 0 Å². The van der Waals surface area contributed by atoms with Crippen molar-refractivity contribution in [2.45, 2.75) is 13.5 Å². The number of benzene rings is 1. The Morgan fingerprint density at radius 1 is 1.50 bits per heavy atom. The van der Waals surface area contributed by atoms with Crippen LogP contribution in [0.25, 0.3) is 0 Å². The summed E-state index contributed by atoms with van der Waals surface area (Å²) in [7, 11) is 0. The van der Waals surface area contributed by atoms with Gasteiger partial charge in [0, 0.05) is 16.1 Å². The lowest BCUT2D eigenvalue weighted by molar-refractivity contribution is 1.08. The van der Waals surface area contributed by atoms with Crippen LogP contribution in [0, 0.1) is 6.92 Å². The van der Waals surface area contributed by atoms with Gasteiger partial charge in [0.15, 0.2) is 0 Å². The largest absolute Gasteiger partial charge is 0.397 e. The van der Waals surface area contributed by atoms with Gasteiger partial charge in [-0.1, -0.05) is 11.6 Å². The first-order valence-corrected chi connectivity index (χ1v) is 6.11. The molecule has 0 atom stereocenters. The Morgan fingerprint density at radius 2 is 2.31 bits per heavy atom. The van der Waals surface area contributed by atoms with Crippen molar-refractivity contribution in [3.8, 4) is 0 Å². The second-order valence-electron chi connectivity index (χ2n) is 3.47. The van der Waals surface area contributed by atoms with Crippen molar-refractivity contribution < 1.29 is 0 Å². The van der Waals surface area contributed by atoms with Crippen LogP contribution in [-0.4, -0.2) is 4.98 Å². The Bertz CT molecular complexity index is 496. The standard InChI is InChI=1S/C11H12ClN3S/c1-7-6-16-11(15-7)5-14-10-4-8(12)2-3-9(10)13/h2-4,6,14H,5,13H2,1H3. The van der Waals surface area contributed by atoms with Gasteiger partial charge >= 0.3 is 0 Å². The summed E-state index contributed by atoms with van der Waals surface area (Å²) in [6.07, 6.45) is 0. The topological polar surface area (TPSA) is 50.9 Å². The normalized spacial score (nSPS) is 10.4. The summed E-state index contributed by atoms with van der Waals surface area (Å²) in [6, 6.07) is 5.38. The second kappa shape index (κ2) is 4.72. The minimum absolute atomic E-state index is 0.670. The van der Waals surface area contributed by atoms with Gasteiger partial charge in [0.2, 0.25) is 0 Å². The number of halogens is 1. The lowest BCUT2D eigenvalue weighted by Gasteiger charge is -2.07. The SMILES string of the molecule is Cc1csc(CNc2cc(Cl)ccc2N)n1. The van der Waals surface area contributed by atoms with E-state index in [1.54, 1.807) is 23.5 Å². The number of thiazole rings is 1. The molecule has 1 heterocycles. The molecule has 3 N–H and O–H groups in total. The van der Waals surface area contributed by atoms with Crippen molar-refractivity contribution in [3.05, 3.63) is 39.3 Å². The van der Waals surface area contributed by atoms with Gasteiger partial charge in [0.05, 0.1) is 17.9 Å². The van der Waals surface area contributed by atoms with Gasteiger partial charge in [0.1, 0.15) is 5.01 Å². The molecule has 84 valence electrons. The molecule has 0 amide bonds. The first-order valence-electron chi connectivity index (χ1n) is 4.85. The predicted molar refractivity (Wildman–Crippen MR) is 70.0 cm³/mol. The van der Waals surface area contributed by atoms with Crippen molar-refractivity contribution in [1.29, 1.82) is 0 Å². The number of aromatic nitrogens is 1. The molecule has 1 aromatic carbocycles. The number of nitrogens with one attached hydrogen (secondary N) is 1. The minimum atomic E-state index is 0.670. The van der Waals surface area contributed by atoms with Crippen LogP contribution in [0.15, 0.2) is 23.6 Å². The lowest BCUT2D eigenvalue weighted by Crippen LogP contribution is -2.02. The minimum Gasteiger partial charge on any atom is -0.397 e. The average Bonchev–Trinajstić information content (AvgIpc) is 2.66. The summed E-state index contributed by atoms with van der Waals surface area (Å²) in [5.74, 6) is 0. The molecule has 2 aromatic rings. The van der Waals surface area contributed by atoms with E-state index in [4.69, 9.17) is 17.3 Å². The third kappa shape index (κ3) is 2.65. The van der Waals surface area contributed by atoms with Gasteiger partial charge in [-0.25, -0.2) is 4.98 Å². The molecule has 3 nitrogen and oxygen atoms in total. The molecular formula is C11H12ClN3S. The number of anilines is 2. The molecular weight excluding hydrogens is 242 g/mol. The molecule has 0 aliphatic heterocycles. The highest BCUT2D eigenvalue weighted by atomic mass is 35.5. The fraction of sp³-hybridized carbons (Fsp3) is 0.182. The first-order chi connectivity index (χ1) is 7.65. The van der Waals surface area contributed by atoms with Crippen LogP contribution < -0.4 is 11.1 Å². The Labute approximate surface area is 103 Å². The van der Waals surface area contributed by atoms with E-state index in [-0.39, 0.29) is 0 Å². The quantitative estimate of drug-likeness (QED) is 0.826. The van der Waals surface area contributed by atoms with Gasteiger partial charge in [-0.2, -0.15) is 0 Å². The van der Waals surface area contributed by atoms with Crippen molar-refractivity contribution in [2.24, 2.45) is 0 Å². The first kappa shape index (κ1) is 11.2. The molecule has 0 spiro atoms. The maximum atomic E-state index is 5.89. The Morgan fingerprint density at radius 3 is 3.00 bits per heavy atom. The lowest BCUT2D eigenvalue weighted by atomic mass is 10.2. The van der Waals surface area contributed by atoms with Gasteiger partial charge in [0.25, 0.3) is 0 Å². The summed E-state index contributed by atoms with van der Waals surface area (Å²) in [4.78, 5) is 4.36. The second-order valence-corrected chi connectivity index (χ2v) is 4.85. The van der Waals surface area contributed by atoms with Crippen LogP contribution in [-0.2, 0) is 6.54 Å². The van der Waals surface area contributed by atoms with Crippen LogP contribution in [0.3, 0.4) is 0 Å². The van der Waals surface area contributed by atoms with E-state index in [1.807, 2.05) is 18.4 Å². The summed E-state index contributed by atoms with van der Waals surface area (Å²) >= 11 is 7.53. The van der Waals surface area contributed by atoms with Gasteiger partial charge in [-0.05, 0) is 25.1 Å². The van der Waals surface area contributed by atoms with Crippen LogP contribution in [0.4, 0.5) is 11.4 Å². The zero-order valence-corrected chi connectivity index (χ0v) is 10.4. The summed E-state index contributed by atoms with van der Waals surface area (Å²) < 4.78 is 0. The highest BCUT2D eigenvalue weighted by Gasteiger charge is 2.02. The number of rotatable bonds is 3. The zero-order chi connectivity index (χ0) is 11.5. The predicted octanol–water partition coefficient (Wildman–Crippen LogP) is 3.30. The van der Waals surface area contributed by atoms with Gasteiger partial charge in [-0.3, -0.25) is 0 Å².